The van der Waals surface area contributed by atoms with Crippen LogP contribution in [0.3, 0.4) is 0 Å². The first-order chi connectivity index (χ1) is 13.5. The number of nitrogens with one attached hydrogen (secondary N) is 1. The minimum atomic E-state index is -0.00930. The lowest BCUT2D eigenvalue weighted by Gasteiger charge is -2.35. The minimum absolute atomic E-state index is 0.00603. The summed E-state index contributed by atoms with van der Waals surface area (Å²) in [7, 11) is 1.63. The molecule has 1 aromatic rings. The van der Waals surface area contributed by atoms with Gasteiger partial charge in [0.15, 0.2) is 0 Å². The lowest BCUT2D eigenvalue weighted by atomic mass is 10.0. The van der Waals surface area contributed by atoms with Crippen LogP contribution in [0.25, 0.3) is 0 Å². The molecule has 1 aromatic heterocycles. The number of nitrogens with zero attached hydrogens (tertiary/aromatic N) is 4. The third-order valence-electron chi connectivity index (χ3n) is 5.48. The van der Waals surface area contributed by atoms with E-state index in [1.54, 1.807) is 14.0 Å². The van der Waals surface area contributed by atoms with Gasteiger partial charge in [0.05, 0.1) is 24.9 Å². The number of hydrogen-bond donors (Lipinski definition) is 1. The highest BCUT2D eigenvalue weighted by molar-refractivity contribution is 5.78. The maximum atomic E-state index is 12.4. The zero-order valence-corrected chi connectivity index (χ0v) is 17.1. The van der Waals surface area contributed by atoms with Crippen molar-refractivity contribution in [3.8, 4) is 0 Å². The van der Waals surface area contributed by atoms with E-state index in [-0.39, 0.29) is 23.9 Å². The van der Waals surface area contributed by atoms with E-state index in [0.717, 1.165) is 49.3 Å². The van der Waals surface area contributed by atoms with Crippen molar-refractivity contribution in [2.75, 3.05) is 33.4 Å². The Balaban J connectivity index is 1.68. The topological polar surface area (TPSA) is 87.7 Å². The fourth-order valence-corrected chi connectivity index (χ4v) is 4.03. The Bertz CT molecular complexity index is 711. The predicted octanol–water partition coefficient (Wildman–Crippen LogP) is 1.06. The van der Waals surface area contributed by atoms with Gasteiger partial charge < -0.3 is 15.0 Å². The molecule has 2 atom stereocenters. The zero-order valence-electron chi connectivity index (χ0n) is 17.1. The highest BCUT2D eigenvalue weighted by Crippen LogP contribution is 2.29. The molecule has 2 aliphatic heterocycles. The highest BCUT2D eigenvalue weighted by Gasteiger charge is 2.29. The Morgan fingerprint density at radius 1 is 1.36 bits per heavy atom. The first kappa shape index (κ1) is 20.7. The van der Waals surface area contributed by atoms with E-state index in [0.29, 0.717) is 26.2 Å². The van der Waals surface area contributed by atoms with Crippen molar-refractivity contribution in [3.05, 3.63) is 23.3 Å². The molecule has 3 heterocycles. The number of ether oxygens (including phenoxy) is 1. The number of carbonyl (C=O) groups is 2. The minimum Gasteiger partial charge on any atom is -0.383 e. The second kappa shape index (κ2) is 9.43. The van der Waals surface area contributed by atoms with E-state index < -0.39 is 0 Å². The molecule has 0 saturated carbocycles. The lowest BCUT2D eigenvalue weighted by Crippen LogP contribution is -2.45. The molecule has 0 aromatic carbocycles. The number of methoxy groups -OCH3 is 1. The maximum absolute atomic E-state index is 12.4. The van der Waals surface area contributed by atoms with Crippen molar-refractivity contribution >= 4 is 11.8 Å². The Labute approximate surface area is 166 Å². The summed E-state index contributed by atoms with van der Waals surface area (Å²) in [6.45, 7) is 6.53. The largest absolute Gasteiger partial charge is 0.383 e. The normalized spacial score (nSPS) is 21.1. The third-order valence-corrected chi connectivity index (χ3v) is 5.48. The molecular weight excluding hydrogens is 358 g/mol. The molecule has 8 heteroatoms. The van der Waals surface area contributed by atoms with Gasteiger partial charge in [0.2, 0.25) is 11.8 Å². The fraction of sp³-hybridized carbons (Fsp3) is 0.700. The van der Waals surface area contributed by atoms with Crippen LogP contribution in [0.1, 0.15) is 56.2 Å². The van der Waals surface area contributed by atoms with Crippen LogP contribution in [0.15, 0.2) is 6.20 Å². The molecule has 3 rings (SSSR count). The van der Waals surface area contributed by atoms with E-state index in [1.165, 1.54) is 0 Å². The molecule has 1 saturated heterocycles. The number of rotatable bonds is 6. The number of likely N-dealkylation sites (tertiary alicyclic amines) is 1. The molecule has 28 heavy (non-hydrogen) atoms. The average molecular weight is 390 g/mol. The SMILES string of the molecule is COC[C@H](C)NC(=O)CN1CCCC[C@@H]1c1ncc2c(n1)CCN(C(C)=O)C2. The first-order valence-corrected chi connectivity index (χ1v) is 10.1. The molecule has 1 N–H and O–H groups in total. The summed E-state index contributed by atoms with van der Waals surface area (Å²) in [5.74, 6) is 0.890. The molecule has 8 nitrogen and oxygen atoms in total. The van der Waals surface area contributed by atoms with Gasteiger partial charge in [-0.3, -0.25) is 14.5 Å². The average Bonchev–Trinajstić information content (AvgIpc) is 2.67. The molecule has 0 spiro atoms. The van der Waals surface area contributed by atoms with Crippen LogP contribution >= 0.6 is 0 Å². The highest BCUT2D eigenvalue weighted by atomic mass is 16.5. The molecule has 0 bridgehead atoms. The monoisotopic (exact) mass is 389 g/mol. The Morgan fingerprint density at radius 3 is 2.93 bits per heavy atom. The van der Waals surface area contributed by atoms with E-state index in [1.807, 2.05) is 18.0 Å². The van der Waals surface area contributed by atoms with Crippen molar-refractivity contribution in [2.24, 2.45) is 0 Å². The second-order valence-electron chi connectivity index (χ2n) is 7.80. The number of amides is 2. The number of hydrogen-bond acceptors (Lipinski definition) is 6. The second-order valence-corrected chi connectivity index (χ2v) is 7.80. The number of fused-ring (bicyclic) bond motifs is 1. The smallest absolute Gasteiger partial charge is 0.234 e. The molecule has 1 fully saturated rings. The maximum Gasteiger partial charge on any atom is 0.234 e. The summed E-state index contributed by atoms with van der Waals surface area (Å²) in [4.78, 5) is 37.5. The third kappa shape index (κ3) is 5.05. The van der Waals surface area contributed by atoms with Crippen LogP contribution in [0.4, 0.5) is 0 Å². The van der Waals surface area contributed by atoms with Gasteiger partial charge in [-0.1, -0.05) is 6.42 Å². The van der Waals surface area contributed by atoms with E-state index >= 15 is 0 Å². The molecule has 154 valence electrons. The van der Waals surface area contributed by atoms with Crippen LogP contribution in [0.5, 0.6) is 0 Å². The Morgan fingerprint density at radius 2 is 2.18 bits per heavy atom. The van der Waals surface area contributed by atoms with Gasteiger partial charge in [-0.2, -0.15) is 0 Å². The number of piperidine rings is 1. The van der Waals surface area contributed by atoms with Crippen molar-refractivity contribution < 1.29 is 14.3 Å². The molecule has 2 aliphatic rings. The van der Waals surface area contributed by atoms with E-state index in [4.69, 9.17) is 9.72 Å². The van der Waals surface area contributed by atoms with Crippen LogP contribution in [-0.2, 0) is 27.3 Å². The summed E-state index contributed by atoms with van der Waals surface area (Å²) in [6, 6.07) is 0.0540. The van der Waals surface area contributed by atoms with Crippen LogP contribution in [0.2, 0.25) is 0 Å². The fourth-order valence-electron chi connectivity index (χ4n) is 4.03. The van der Waals surface area contributed by atoms with Crippen molar-refractivity contribution in [3.63, 3.8) is 0 Å². The molecule has 0 aliphatic carbocycles. The van der Waals surface area contributed by atoms with Crippen LogP contribution in [-0.4, -0.2) is 71.0 Å². The van der Waals surface area contributed by atoms with E-state index in [2.05, 4.69) is 15.2 Å². The van der Waals surface area contributed by atoms with Gasteiger partial charge in [-0.15, -0.1) is 0 Å². The molecule has 0 radical (unpaired) electrons. The Hall–Kier alpha value is -2.06. The van der Waals surface area contributed by atoms with Gasteiger partial charge in [0, 0.05) is 51.3 Å². The van der Waals surface area contributed by atoms with Crippen molar-refractivity contribution in [1.82, 2.24) is 25.1 Å². The van der Waals surface area contributed by atoms with Crippen molar-refractivity contribution in [1.29, 1.82) is 0 Å². The summed E-state index contributed by atoms with van der Waals surface area (Å²) < 4.78 is 5.09. The lowest BCUT2D eigenvalue weighted by molar-refractivity contribution is -0.129. The van der Waals surface area contributed by atoms with Gasteiger partial charge >= 0.3 is 0 Å². The summed E-state index contributed by atoms with van der Waals surface area (Å²) in [6.07, 6.45) is 5.77. The van der Waals surface area contributed by atoms with Gasteiger partial charge in [-0.05, 0) is 26.3 Å². The van der Waals surface area contributed by atoms with E-state index in [9.17, 15) is 9.59 Å². The summed E-state index contributed by atoms with van der Waals surface area (Å²) >= 11 is 0. The Kier molecular flexibility index (Phi) is 6.96. The summed E-state index contributed by atoms with van der Waals surface area (Å²) in [5, 5.41) is 2.98. The van der Waals surface area contributed by atoms with Crippen LogP contribution in [0, 0.1) is 0 Å². The first-order valence-electron chi connectivity index (χ1n) is 10.1. The molecule has 2 amide bonds. The quantitative estimate of drug-likeness (QED) is 0.783. The van der Waals surface area contributed by atoms with Gasteiger partial charge in [0.1, 0.15) is 5.82 Å². The summed E-state index contributed by atoms with van der Waals surface area (Å²) in [5.41, 5.74) is 2.06. The number of carbonyl (C=O) groups excluding carboxylic acids is 2. The standard InChI is InChI=1S/C20H31N5O3/c1-14(13-28-3)22-19(27)12-25-8-5-4-6-18(25)20-21-10-16-11-24(15(2)26)9-7-17(16)23-20/h10,14,18H,4-9,11-13H2,1-3H3,(H,22,27)/t14-,18+/m0/s1. The molecule has 0 unspecified atom stereocenters. The van der Waals surface area contributed by atoms with Crippen LogP contribution < -0.4 is 5.32 Å². The number of aromatic nitrogens is 2. The van der Waals surface area contributed by atoms with Gasteiger partial charge in [-0.25, -0.2) is 9.97 Å². The molecular formula is C20H31N5O3. The predicted molar refractivity (Wildman–Crippen MR) is 104 cm³/mol. The van der Waals surface area contributed by atoms with Crippen molar-refractivity contribution in [2.45, 2.75) is 58.2 Å². The zero-order chi connectivity index (χ0) is 20.1. The van der Waals surface area contributed by atoms with Gasteiger partial charge in [0.25, 0.3) is 0 Å².